The van der Waals surface area contributed by atoms with E-state index in [1.54, 1.807) is 23.5 Å². The van der Waals surface area contributed by atoms with Gasteiger partial charge in [-0.25, -0.2) is 4.79 Å². The van der Waals surface area contributed by atoms with E-state index < -0.39 is 6.09 Å². The molecule has 0 aliphatic carbocycles. The van der Waals surface area contributed by atoms with Crippen LogP contribution in [0, 0.1) is 0 Å². The van der Waals surface area contributed by atoms with E-state index in [0.717, 1.165) is 22.7 Å². The van der Waals surface area contributed by atoms with Gasteiger partial charge in [-0.05, 0) is 95.9 Å². The first kappa shape index (κ1) is 36.7. The summed E-state index contributed by atoms with van der Waals surface area (Å²) in [5, 5.41) is 5.66. The molecule has 8 heteroatoms. The summed E-state index contributed by atoms with van der Waals surface area (Å²) >= 11 is 4.60. The molecule has 5 aromatic rings. The quantitative estimate of drug-likeness (QED) is 0.126. The van der Waals surface area contributed by atoms with Crippen LogP contribution in [-0.2, 0) is 11.2 Å². The van der Waals surface area contributed by atoms with Gasteiger partial charge in [-0.15, -0.1) is 23.5 Å². The third kappa shape index (κ3) is 13.6. The summed E-state index contributed by atoms with van der Waals surface area (Å²) in [6.45, 7) is 6.41. The number of ether oxygens (including phenoxy) is 1. The molecule has 5 aromatic carbocycles. The van der Waals surface area contributed by atoms with Gasteiger partial charge in [-0.2, -0.15) is 0 Å². The summed E-state index contributed by atoms with van der Waals surface area (Å²) in [7, 11) is 0. The minimum Gasteiger partial charge on any atom is -0.444 e. The molecule has 48 heavy (non-hydrogen) atoms. The van der Waals surface area contributed by atoms with Gasteiger partial charge in [-0.3, -0.25) is 10.1 Å². The van der Waals surface area contributed by atoms with Gasteiger partial charge in [0, 0.05) is 40.4 Å². The summed E-state index contributed by atoms with van der Waals surface area (Å²) in [4.78, 5) is 27.6. The van der Waals surface area contributed by atoms with Crippen molar-refractivity contribution in [2.24, 2.45) is 0 Å². The molecule has 0 radical (unpaired) electrons. The van der Waals surface area contributed by atoms with Gasteiger partial charge in [0.15, 0.2) is 0 Å². The number of carbonyl (C=O) groups is 2. The van der Waals surface area contributed by atoms with E-state index in [1.807, 2.05) is 115 Å². The molecule has 0 bridgehead atoms. The molecule has 0 spiro atoms. The van der Waals surface area contributed by atoms with Crippen LogP contribution in [-0.4, -0.2) is 28.9 Å². The molecule has 2 N–H and O–H groups in total. The zero-order chi connectivity index (χ0) is 34.0. The number of amides is 2. The fraction of sp³-hybridized carbons (Fsp3) is 0.200. The maximum atomic E-state index is 12.5. The van der Waals surface area contributed by atoms with Crippen LogP contribution in [0.15, 0.2) is 154 Å². The van der Waals surface area contributed by atoms with Crippen LogP contribution in [0.4, 0.5) is 21.0 Å². The van der Waals surface area contributed by atoms with E-state index in [-0.39, 0.29) is 14.2 Å². The number of rotatable bonds is 12. The monoisotopic (exact) mass is 698 g/mol. The van der Waals surface area contributed by atoms with E-state index >= 15 is 0 Å². The van der Waals surface area contributed by atoms with Crippen molar-refractivity contribution in [2.45, 2.75) is 53.9 Å². The van der Waals surface area contributed by atoms with E-state index in [9.17, 15) is 9.59 Å². The highest BCUT2D eigenvalue weighted by Gasteiger charge is 2.16. The lowest BCUT2D eigenvalue weighted by Gasteiger charge is -2.18. The largest absolute Gasteiger partial charge is 0.444 e. The van der Waals surface area contributed by atoms with Crippen molar-refractivity contribution in [1.82, 2.24) is 0 Å². The minimum atomic E-state index is -0.417. The van der Waals surface area contributed by atoms with Gasteiger partial charge < -0.3 is 10.1 Å². The van der Waals surface area contributed by atoms with Gasteiger partial charge in [0.25, 0.3) is 5.24 Å². The Morgan fingerprint density at radius 3 is 1.56 bits per heavy atom. The topological polar surface area (TPSA) is 67.4 Å². The lowest BCUT2D eigenvalue weighted by Crippen LogP contribution is -2.26. The van der Waals surface area contributed by atoms with Gasteiger partial charge in [0.2, 0.25) is 0 Å². The molecule has 0 aromatic heterocycles. The number of carbonyl (C=O) groups excluding carboxylic acids is 2. The average molecular weight is 699 g/mol. The predicted octanol–water partition coefficient (Wildman–Crippen LogP) is 12.4. The molecular formula is C40H46N2O3S3. The zero-order valence-electron chi connectivity index (χ0n) is 27.5. The molecule has 0 saturated heterocycles. The SMILES string of the molecule is CC(C)c1ccc(NC(=O)OC(CSc2ccccc2)CSc2ccccc2)cc1.CCc1ccc(NC(=O)Sc2ccccc2)cc1.[HH].[HH]. The van der Waals surface area contributed by atoms with Gasteiger partial charge in [-0.1, -0.05) is 99.6 Å². The summed E-state index contributed by atoms with van der Waals surface area (Å²) in [6, 6.07) is 45.8. The Balaban J connectivity index is 0.000000373. The third-order valence-corrected chi connectivity index (χ3v) is 10.1. The van der Waals surface area contributed by atoms with Crippen LogP contribution in [0.5, 0.6) is 0 Å². The second-order valence-electron chi connectivity index (χ2n) is 11.1. The number of hydrogen-bond donors (Lipinski definition) is 2. The van der Waals surface area contributed by atoms with Gasteiger partial charge in [0.05, 0.1) is 0 Å². The molecule has 0 atom stereocenters. The highest BCUT2D eigenvalue weighted by molar-refractivity contribution is 8.14. The second-order valence-corrected chi connectivity index (χ2v) is 14.3. The van der Waals surface area contributed by atoms with Crippen molar-refractivity contribution in [1.29, 1.82) is 0 Å². The smallest absolute Gasteiger partial charge is 0.411 e. The lowest BCUT2D eigenvalue weighted by atomic mass is 10.0. The predicted molar refractivity (Wildman–Crippen MR) is 210 cm³/mol. The molecule has 0 unspecified atom stereocenters. The molecule has 252 valence electrons. The molecular weight excluding hydrogens is 653 g/mol. The standard InChI is InChI=1S/C25H27NO2S2.C15H15NOS.2H2/c1-19(2)20-13-15-21(16-14-20)26-25(27)28-22(17-29-23-9-5-3-6-10-23)18-30-24-11-7-4-8-12-24;1-2-12-8-10-13(11-9-12)16-15(17)18-14-6-4-3-5-7-14;;/h3-16,19,22H,17-18H2,1-2H3,(H,26,27);3-11H,2H2,1H3,(H,16,17);2*1H. The number of hydrogen-bond acceptors (Lipinski definition) is 6. The Hall–Kier alpha value is -4.11. The van der Waals surface area contributed by atoms with Crippen LogP contribution in [0.2, 0.25) is 0 Å². The number of nitrogens with one attached hydrogen (secondary N) is 2. The van der Waals surface area contributed by atoms with Crippen LogP contribution in [0.25, 0.3) is 0 Å². The Kier molecular flexibility index (Phi) is 15.5. The van der Waals surface area contributed by atoms with Crippen molar-refractivity contribution < 1.29 is 17.2 Å². The summed E-state index contributed by atoms with van der Waals surface area (Å²) in [5.41, 5.74) is 4.09. The second kappa shape index (κ2) is 20.3. The molecule has 5 rings (SSSR count). The first-order chi connectivity index (χ1) is 23.4. The Bertz CT molecular complexity index is 1620. The van der Waals surface area contributed by atoms with Crippen molar-refractivity contribution in [3.63, 3.8) is 0 Å². The van der Waals surface area contributed by atoms with Gasteiger partial charge in [0.1, 0.15) is 6.10 Å². The van der Waals surface area contributed by atoms with Crippen LogP contribution < -0.4 is 10.6 Å². The number of benzene rings is 5. The van der Waals surface area contributed by atoms with E-state index in [0.29, 0.717) is 17.4 Å². The van der Waals surface area contributed by atoms with Crippen molar-refractivity contribution >= 4 is 58.0 Å². The van der Waals surface area contributed by atoms with Crippen LogP contribution in [0.3, 0.4) is 0 Å². The van der Waals surface area contributed by atoms with E-state index in [1.165, 1.54) is 32.7 Å². The fourth-order valence-electron chi connectivity index (χ4n) is 4.34. The fourth-order valence-corrected chi connectivity index (χ4v) is 6.99. The zero-order valence-corrected chi connectivity index (χ0v) is 30.0. The highest BCUT2D eigenvalue weighted by Crippen LogP contribution is 2.25. The highest BCUT2D eigenvalue weighted by atomic mass is 32.2. The Morgan fingerprint density at radius 2 is 1.08 bits per heavy atom. The molecule has 0 saturated carbocycles. The maximum absolute atomic E-state index is 12.5. The summed E-state index contributed by atoms with van der Waals surface area (Å²) in [6.07, 6.45) is 0.377. The molecule has 0 aliphatic heterocycles. The van der Waals surface area contributed by atoms with E-state index in [4.69, 9.17) is 4.74 Å². The van der Waals surface area contributed by atoms with Crippen molar-refractivity contribution in [3.05, 3.63) is 151 Å². The number of thioether (sulfide) groups is 3. The van der Waals surface area contributed by atoms with Gasteiger partial charge >= 0.3 is 6.09 Å². The summed E-state index contributed by atoms with van der Waals surface area (Å²) in [5.74, 6) is 1.85. The summed E-state index contributed by atoms with van der Waals surface area (Å²) < 4.78 is 5.78. The molecule has 2 amide bonds. The average Bonchev–Trinajstić information content (AvgIpc) is 3.11. The maximum Gasteiger partial charge on any atom is 0.411 e. The van der Waals surface area contributed by atoms with Crippen LogP contribution >= 0.6 is 35.3 Å². The number of aryl methyl sites for hydroxylation is 1. The van der Waals surface area contributed by atoms with Crippen molar-refractivity contribution in [2.75, 3.05) is 22.1 Å². The number of anilines is 2. The van der Waals surface area contributed by atoms with Crippen LogP contribution in [0.1, 0.15) is 40.7 Å². The normalized spacial score (nSPS) is 10.6. The molecule has 0 fully saturated rings. The minimum absolute atomic E-state index is 0. The Labute approximate surface area is 300 Å². The lowest BCUT2D eigenvalue weighted by molar-refractivity contribution is 0.134. The third-order valence-electron chi connectivity index (χ3n) is 7.02. The molecule has 0 heterocycles. The first-order valence-corrected chi connectivity index (χ1v) is 18.7. The van der Waals surface area contributed by atoms with E-state index in [2.05, 4.69) is 55.7 Å². The van der Waals surface area contributed by atoms with Crippen molar-refractivity contribution in [3.8, 4) is 0 Å². The molecule has 0 aliphatic rings. The Morgan fingerprint density at radius 1 is 0.625 bits per heavy atom. The molecule has 5 nitrogen and oxygen atoms in total. The first-order valence-electron chi connectivity index (χ1n) is 15.9.